The first-order chi connectivity index (χ1) is 10.8. The van der Waals surface area contributed by atoms with Gasteiger partial charge in [-0.1, -0.05) is 18.6 Å². The molecule has 1 aromatic carbocycles. The number of urea groups is 1. The number of halogens is 4. The summed E-state index contributed by atoms with van der Waals surface area (Å²) in [5, 5.41) is 5.22. The third-order valence-corrected chi connectivity index (χ3v) is 4.17. The molecule has 1 saturated carbocycles. The first kappa shape index (κ1) is 17.6. The molecule has 0 aromatic heterocycles. The highest BCUT2D eigenvalue weighted by molar-refractivity contribution is 5.74. The molecule has 0 radical (unpaired) electrons. The average molecular weight is 332 g/mol. The number of benzene rings is 1. The molecule has 2 rings (SSSR count). The third-order valence-electron chi connectivity index (χ3n) is 4.17. The second-order valence-corrected chi connectivity index (χ2v) is 6.00. The van der Waals surface area contributed by atoms with Crippen LogP contribution in [0.2, 0.25) is 0 Å². The number of alkyl halides is 3. The van der Waals surface area contributed by atoms with Crippen LogP contribution in [0, 0.1) is 11.7 Å². The first-order valence-electron chi connectivity index (χ1n) is 7.65. The first-order valence-corrected chi connectivity index (χ1v) is 7.65. The van der Waals surface area contributed by atoms with E-state index in [1.807, 2.05) is 0 Å². The summed E-state index contributed by atoms with van der Waals surface area (Å²) in [6.45, 7) is 1.69. The topological polar surface area (TPSA) is 41.1 Å². The number of hydrogen-bond acceptors (Lipinski definition) is 1. The summed E-state index contributed by atoms with van der Waals surface area (Å²) in [6.07, 6.45) is -3.22. The van der Waals surface area contributed by atoms with Gasteiger partial charge < -0.3 is 10.6 Å². The molecular weight excluding hydrogens is 312 g/mol. The molecule has 0 saturated heterocycles. The Morgan fingerprint density at radius 1 is 1.30 bits per heavy atom. The molecule has 1 aromatic rings. The van der Waals surface area contributed by atoms with Crippen molar-refractivity contribution in [1.29, 1.82) is 0 Å². The minimum absolute atomic E-state index is 0.0920. The zero-order chi connectivity index (χ0) is 17.0. The fourth-order valence-corrected chi connectivity index (χ4v) is 2.90. The van der Waals surface area contributed by atoms with Crippen LogP contribution in [0.5, 0.6) is 0 Å². The van der Waals surface area contributed by atoms with Crippen molar-refractivity contribution in [3.05, 3.63) is 35.6 Å². The minimum atomic E-state index is -4.22. The van der Waals surface area contributed by atoms with Gasteiger partial charge in [0.15, 0.2) is 0 Å². The fraction of sp³-hybridized carbons (Fsp3) is 0.562. The van der Waals surface area contributed by atoms with E-state index in [4.69, 9.17) is 0 Å². The molecular formula is C16H20F4N2O. The highest BCUT2D eigenvalue weighted by Crippen LogP contribution is 2.37. The van der Waals surface area contributed by atoms with E-state index < -0.39 is 36.0 Å². The second-order valence-electron chi connectivity index (χ2n) is 6.00. The van der Waals surface area contributed by atoms with Gasteiger partial charge >= 0.3 is 12.2 Å². The van der Waals surface area contributed by atoms with Crippen molar-refractivity contribution in [2.45, 2.75) is 50.9 Å². The smallest absolute Gasteiger partial charge is 0.335 e. The zero-order valence-corrected chi connectivity index (χ0v) is 12.8. The van der Waals surface area contributed by atoms with Crippen LogP contribution in [0.25, 0.3) is 0 Å². The van der Waals surface area contributed by atoms with Crippen molar-refractivity contribution in [3.63, 3.8) is 0 Å². The van der Waals surface area contributed by atoms with Gasteiger partial charge in [0, 0.05) is 6.04 Å². The highest BCUT2D eigenvalue weighted by Gasteiger charge is 2.42. The van der Waals surface area contributed by atoms with Crippen molar-refractivity contribution < 1.29 is 22.4 Å². The molecule has 2 amide bonds. The van der Waals surface area contributed by atoms with Gasteiger partial charge in [-0.25, -0.2) is 9.18 Å². The Kier molecular flexibility index (Phi) is 5.49. The molecule has 0 spiro atoms. The summed E-state index contributed by atoms with van der Waals surface area (Å²) >= 11 is 0. The molecule has 3 atom stereocenters. The summed E-state index contributed by atoms with van der Waals surface area (Å²) < 4.78 is 51.4. The molecule has 0 bridgehead atoms. The number of rotatable bonds is 3. The van der Waals surface area contributed by atoms with Crippen LogP contribution in [0.3, 0.4) is 0 Å². The van der Waals surface area contributed by atoms with Gasteiger partial charge in [-0.3, -0.25) is 0 Å². The number of carbonyl (C=O) groups excluding carboxylic acids is 1. The number of carbonyl (C=O) groups is 1. The molecule has 1 aliphatic carbocycles. The third kappa shape index (κ3) is 5.11. The SMILES string of the molecule is C[C@@H](NC(=O)N[C@@H]1CCC[C@H](C(F)(F)F)C1)c1cccc(F)c1. The molecule has 1 fully saturated rings. The summed E-state index contributed by atoms with van der Waals surface area (Å²) in [5.74, 6) is -1.76. The van der Waals surface area contributed by atoms with E-state index in [0.717, 1.165) is 0 Å². The molecule has 0 aliphatic heterocycles. The molecule has 0 unspecified atom stereocenters. The maximum absolute atomic E-state index is 13.2. The van der Waals surface area contributed by atoms with Gasteiger partial charge in [0.05, 0.1) is 12.0 Å². The lowest BCUT2D eigenvalue weighted by Gasteiger charge is -2.31. The molecule has 0 heterocycles. The van der Waals surface area contributed by atoms with Gasteiger partial charge in [-0.2, -0.15) is 13.2 Å². The van der Waals surface area contributed by atoms with Crippen molar-refractivity contribution in [2.75, 3.05) is 0 Å². The number of amides is 2. The van der Waals surface area contributed by atoms with Crippen LogP contribution in [0.15, 0.2) is 24.3 Å². The Morgan fingerprint density at radius 2 is 2.04 bits per heavy atom. The van der Waals surface area contributed by atoms with E-state index in [9.17, 15) is 22.4 Å². The van der Waals surface area contributed by atoms with Gasteiger partial charge in [-0.15, -0.1) is 0 Å². The van der Waals surface area contributed by atoms with Crippen LogP contribution in [0.4, 0.5) is 22.4 Å². The van der Waals surface area contributed by atoms with Crippen LogP contribution < -0.4 is 10.6 Å². The Balaban J connectivity index is 1.87. The van der Waals surface area contributed by atoms with Crippen LogP contribution in [0.1, 0.15) is 44.2 Å². The highest BCUT2D eigenvalue weighted by atomic mass is 19.4. The van der Waals surface area contributed by atoms with Gasteiger partial charge in [0.25, 0.3) is 0 Å². The Morgan fingerprint density at radius 3 is 2.70 bits per heavy atom. The van der Waals surface area contributed by atoms with E-state index in [1.54, 1.807) is 13.0 Å². The standard InChI is InChI=1S/C16H20F4N2O/c1-10(11-4-2-6-13(17)8-11)21-15(23)22-14-7-3-5-12(9-14)16(18,19)20/h2,4,6,8,10,12,14H,3,5,7,9H2,1H3,(H2,21,22,23)/t10-,12+,14-/m1/s1. The number of hydrogen-bond donors (Lipinski definition) is 2. The summed E-state index contributed by atoms with van der Waals surface area (Å²) in [7, 11) is 0. The summed E-state index contributed by atoms with van der Waals surface area (Å²) in [5.41, 5.74) is 0.594. The van der Waals surface area contributed by atoms with E-state index >= 15 is 0 Å². The monoisotopic (exact) mass is 332 g/mol. The van der Waals surface area contributed by atoms with Crippen molar-refractivity contribution in [3.8, 4) is 0 Å². The molecule has 7 heteroatoms. The van der Waals surface area contributed by atoms with Crippen molar-refractivity contribution >= 4 is 6.03 Å². The molecule has 3 nitrogen and oxygen atoms in total. The fourth-order valence-electron chi connectivity index (χ4n) is 2.90. The van der Waals surface area contributed by atoms with Crippen LogP contribution in [-0.2, 0) is 0 Å². The lowest BCUT2D eigenvalue weighted by molar-refractivity contribution is -0.183. The lowest BCUT2D eigenvalue weighted by atomic mass is 9.85. The Bertz CT molecular complexity index is 547. The Hall–Kier alpha value is -1.79. The molecule has 23 heavy (non-hydrogen) atoms. The van der Waals surface area contributed by atoms with Gasteiger partial charge in [0.2, 0.25) is 0 Å². The maximum Gasteiger partial charge on any atom is 0.391 e. The summed E-state index contributed by atoms with van der Waals surface area (Å²) in [4.78, 5) is 11.9. The van der Waals surface area contributed by atoms with E-state index in [1.165, 1.54) is 18.2 Å². The molecule has 128 valence electrons. The van der Waals surface area contributed by atoms with Gasteiger partial charge in [-0.05, 0) is 43.9 Å². The number of nitrogens with one attached hydrogen (secondary N) is 2. The van der Waals surface area contributed by atoms with Crippen molar-refractivity contribution in [2.24, 2.45) is 5.92 Å². The quantitative estimate of drug-likeness (QED) is 0.796. The molecule has 1 aliphatic rings. The predicted molar refractivity (Wildman–Crippen MR) is 78.3 cm³/mol. The van der Waals surface area contributed by atoms with Gasteiger partial charge in [0.1, 0.15) is 5.82 Å². The van der Waals surface area contributed by atoms with E-state index in [2.05, 4.69) is 10.6 Å². The summed E-state index contributed by atoms with van der Waals surface area (Å²) in [6, 6.07) is 4.36. The molecule has 2 N–H and O–H groups in total. The lowest BCUT2D eigenvalue weighted by Crippen LogP contribution is -2.46. The largest absolute Gasteiger partial charge is 0.391 e. The van der Waals surface area contributed by atoms with Crippen LogP contribution >= 0.6 is 0 Å². The van der Waals surface area contributed by atoms with Crippen molar-refractivity contribution in [1.82, 2.24) is 10.6 Å². The van der Waals surface area contributed by atoms with E-state index in [0.29, 0.717) is 18.4 Å². The Labute approximate surface area is 132 Å². The maximum atomic E-state index is 13.2. The normalized spacial score (nSPS) is 23.2. The van der Waals surface area contributed by atoms with Crippen LogP contribution in [-0.4, -0.2) is 18.2 Å². The minimum Gasteiger partial charge on any atom is -0.335 e. The predicted octanol–water partition coefficient (Wildman–Crippen LogP) is 4.31. The second kappa shape index (κ2) is 7.19. The average Bonchev–Trinajstić information content (AvgIpc) is 2.46. The van der Waals surface area contributed by atoms with E-state index in [-0.39, 0.29) is 12.8 Å². The zero-order valence-electron chi connectivity index (χ0n) is 12.8.